The van der Waals surface area contributed by atoms with Crippen molar-refractivity contribution >= 4 is 21.6 Å². The lowest BCUT2D eigenvalue weighted by Gasteiger charge is -2.31. The number of piperazine rings is 1. The van der Waals surface area contributed by atoms with Gasteiger partial charge in [0.1, 0.15) is 0 Å². The molecule has 1 aliphatic heterocycles. The fourth-order valence-corrected chi connectivity index (χ4v) is 4.87. The summed E-state index contributed by atoms with van der Waals surface area (Å²) in [6, 6.07) is 6.43. The van der Waals surface area contributed by atoms with E-state index in [1.807, 2.05) is 7.05 Å². The van der Waals surface area contributed by atoms with Gasteiger partial charge in [0.2, 0.25) is 15.9 Å². The molecule has 0 bridgehead atoms. The number of carbonyl (C=O) groups excluding carboxylic acids is 1. The van der Waals surface area contributed by atoms with Crippen molar-refractivity contribution in [1.29, 1.82) is 0 Å². The van der Waals surface area contributed by atoms with E-state index >= 15 is 0 Å². The number of nitrogens with one attached hydrogen (secondary N) is 1. The molecule has 7 nitrogen and oxygen atoms in total. The van der Waals surface area contributed by atoms with Crippen LogP contribution in [0.5, 0.6) is 0 Å². The maximum Gasteiger partial charge on any atom is 0.244 e. The number of amides is 1. The van der Waals surface area contributed by atoms with E-state index in [4.69, 9.17) is 5.73 Å². The summed E-state index contributed by atoms with van der Waals surface area (Å²) in [7, 11) is -1.58. The smallest absolute Gasteiger partial charge is 0.244 e. The van der Waals surface area contributed by atoms with Gasteiger partial charge < -0.3 is 16.0 Å². The Balaban J connectivity index is 1.76. The van der Waals surface area contributed by atoms with Crippen LogP contribution >= 0.6 is 0 Å². The van der Waals surface area contributed by atoms with Gasteiger partial charge in [-0.3, -0.25) is 4.79 Å². The Morgan fingerprint density at radius 2 is 1.80 bits per heavy atom. The number of sulfonamides is 1. The molecule has 1 saturated heterocycles. The van der Waals surface area contributed by atoms with Crippen LogP contribution in [0.3, 0.4) is 0 Å². The minimum Gasteiger partial charge on any atom is -0.324 e. The van der Waals surface area contributed by atoms with Crippen molar-refractivity contribution in [2.75, 3.05) is 38.5 Å². The van der Waals surface area contributed by atoms with Crippen LogP contribution in [0.25, 0.3) is 0 Å². The van der Waals surface area contributed by atoms with E-state index in [0.29, 0.717) is 44.7 Å². The summed E-state index contributed by atoms with van der Waals surface area (Å²) in [6.07, 6.45) is 3.22. The molecule has 1 aliphatic carbocycles. The molecule has 1 aromatic rings. The van der Waals surface area contributed by atoms with E-state index in [0.717, 1.165) is 12.8 Å². The van der Waals surface area contributed by atoms with Crippen LogP contribution in [-0.2, 0) is 14.8 Å². The molecule has 1 heterocycles. The molecule has 0 atom stereocenters. The number of nitrogens with zero attached hydrogens (tertiary/aromatic N) is 2. The van der Waals surface area contributed by atoms with Gasteiger partial charge in [0, 0.05) is 31.9 Å². The lowest BCUT2D eigenvalue weighted by atomic mass is 9.98. The SMILES string of the molecule is CN1CCN(S(=O)(=O)c2cccc(NC(=O)C3(N)CCCC3)c2)CC1. The van der Waals surface area contributed by atoms with Crippen molar-refractivity contribution in [2.24, 2.45) is 5.73 Å². The molecule has 2 fully saturated rings. The largest absolute Gasteiger partial charge is 0.324 e. The molecule has 0 radical (unpaired) electrons. The quantitative estimate of drug-likeness (QED) is 0.823. The molecule has 138 valence electrons. The average Bonchev–Trinajstić information content (AvgIpc) is 3.04. The van der Waals surface area contributed by atoms with E-state index in [-0.39, 0.29) is 10.8 Å². The average molecular weight is 366 g/mol. The van der Waals surface area contributed by atoms with Gasteiger partial charge in [-0.2, -0.15) is 4.31 Å². The highest BCUT2D eigenvalue weighted by Crippen LogP contribution is 2.29. The molecule has 3 rings (SSSR count). The van der Waals surface area contributed by atoms with Gasteiger partial charge >= 0.3 is 0 Å². The van der Waals surface area contributed by atoms with Crippen LogP contribution in [0.15, 0.2) is 29.2 Å². The lowest BCUT2D eigenvalue weighted by Crippen LogP contribution is -2.48. The normalized spacial score (nSPS) is 22.0. The summed E-state index contributed by atoms with van der Waals surface area (Å²) in [6.45, 7) is 2.37. The number of hydrogen-bond acceptors (Lipinski definition) is 5. The minimum absolute atomic E-state index is 0.201. The monoisotopic (exact) mass is 366 g/mol. The Bertz CT molecular complexity index is 736. The second kappa shape index (κ2) is 7.03. The van der Waals surface area contributed by atoms with Crippen LogP contribution < -0.4 is 11.1 Å². The Hall–Kier alpha value is -1.48. The highest BCUT2D eigenvalue weighted by molar-refractivity contribution is 7.89. The van der Waals surface area contributed by atoms with Gasteiger partial charge in [-0.25, -0.2) is 8.42 Å². The van der Waals surface area contributed by atoms with Crippen LogP contribution in [0, 0.1) is 0 Å². The summed E-state index contributed by atoms with van der Waals surface area (Å²) in [4.78, 5) is 14.7. The van der Waals surface area contributed by atoms with E-state index in [1.54, 1.807) is 18.2 Å². The molecule has 1 aromatic carbocycles. The van der Waals surface area contributed by atoms with Gasteiger partial charge in [0.25, 0.3) is 0 Å². The zero-order chi connectivity index (χ0) is 18.1. The first kappa shape index (κ1) is 18.3. The first-order chi connectivity index (χ1) is 11.8. The number of hydrogen-bond donors (Lipinski definition) is 2. The molecule has 0 unspecified atom stereocenters. The Kier molecular flexibility index (Phi) is 5.15. The highest BCUT2D eigenvalue weighted by Gasteiger charge is 2.37. The predicted octanol–water partition coefficient (Wildman–Crippen LogP) is 0.833. The zero-order valence-corrected chi connectivity index (χ0v) is 15.4. The van der Waals surface area contributed by atoms with Crippen LogP contribution in [0.1, 0.15) is 25.7 Å². The second-order valence-corrected chi connectivity index (χ2v) is 8.99. The third-order valence-electron chi connectivity index (χ3n) is 5.14. The molecule has 0 aromatic heterocycles. The Morgan fingerprint density at radius 1 is 1.16 bits per heavy atom. The van der Waals surface area contributed by atoms with E-state index in [1.165, 1.54) is 10.4 Å². The van der Waals surface area contributed by atoms with Gasteiger partial charge in [0.15, 0.2) is 0 Å². The number of benzene rings is 1. The number of likely N-dealkylation sites (N-methyl/N-ethyl adjacent to an activating group) is 1. The summed E-state index contributed by atoms with van der Waals surface area (Å²) in [5, 5.41) is 2.79. The van der Waals surface area contributed by atoms with Crippen molar-refractivity contribution in [1.82, 2.24) is 9.21 Å². The maximum atomic E-state index is 12.8. The van der Waals surface area contributed by atoms with E-state index < -0.39 is 15.6 Å². The molecule has 25 heavy (non-hydrogen) atoms. The van der Waals surface area contributed by atoms with E-state index in [9.17, 15) is 13.2 Å². The zero-order valence-electron chi connectivity index (χ0n) is 14.6. The van der Waals surface area contributed by atoms with Crippen molar-refractivity contribution < 1.29 is 13.2 Å². The van der Waals surface area contributed by atoms with Crippen LogP contribution in [-0.4, -0.2) is 62.3 Å². The molecule has 2 aliphatic rings. The van der Waals surface area contributed by atoms with Crippen LogP contribution in [0.2, 0.25) is 0 Å². The fraction of sp³-hybridized carbons (Fsp3) is 0.588. The van der Waals surface area contributed by atoms with Crippen molar-refractivity contribution in [2.45, 2.75) is 36.1 Å². The molecule has 1 amide bonds. The maximum absolute atomic E-state index is 12.8. The molecule has 1 saturated carbocycles. The van der Waals surface area contributed by atoms with Gasteiger partial charge in [-0.15, -0.1) is 0 Å². The molecule has 0 spiro atoms. The third-order valence-corrected chi connectivity index (χ3v) is 7.03. The molecule has 8 heteroatoms. The van der Waals surface area contributed by atoms with Gasteiger partial charge in [-0.05, 0) is 38.1 Å². The standard InChI is InChI=1S/C17H26N4O3S/c1-20-9-11-21(12-10-20)25(23,24)15-6-4-5-14(13-15)19-16(22)17(18)7-2-3-8-17/h4-6,13H,2-3,7-12,18H2,1H3,(H,19,22). The minimum atomic E-state index is -3.55. The van der Waals surface area contributed by atoms with E-state index in [2.05, 4.69) is 10.2 Å². The number of rotatable bonds is 4. The molecular weight excluding hydrogens is 340 g/mol. The second-order valence-electron chi connectivity index (χ2n) is 7.05. The summed E-state index contributed by atoms with van der Waals surface area (Å²) < 4.78 is 27.1. The number of nitrogens with two attached hydrogens (primary N) is 1. The molecule has 3 N–H and O–H groups in total. The van der Waals surface area contributed by atoms with Crippen molar-refractivity contribution in [3.63, 3.8) is 0 Å². The fourth-order valence-electron chi connectivity index (χ4n) is 3.40. The first-order valence-electron chi connectivity index (χ1n) is 8.70. The van der Waals surface area contributed by atoms with Gasteiger partial charge in [-0.1, -0.05) is 18.9 Å². The Morgan fingerprint density at radius 3 is 2.44 bits per heavy atom. The first-order valence-corrected chi connectivity index (χ1v) is 10.1. The summed E-state index contributed by atoms with van der Waals surface area (Å²) in [5.74, 6) is -0.237. The van der Waals surface area contributed by atoms with Crippen LogP contribution in [0.4, 0.5) is 5.69 Å². The predicted molar refractivity (Wildman–Crippen MR) is 96.7 cm³/mol. The van der Waals surface area contributed by atoms with Crippen molar-refractivity contribution in [3.05, 3.63) is 24.3 Å². The highest BCUT2D eigenvalue weighted by atomic mass is 32.2. The molecular formula is C17H26N4O3S. The number of carbonyl (C=O) groups is 1. The third kappa shape index (κ3) is 3.87. The number of anilines is 1. The summed E-state index contributed by atoms with van der Waals surface area (Å²) >= 11 is 0. The van der Waals surface area contributed by atoms with Crippen molar-refractivity contribution in [3.8, 4) is 0 Å². The summed E-state index contributed by atoms with van der Waals surface area (Å²) in [5.41, 5.74) is 5.79. The van der Waals surface area contributed by atoms with Gasteiger partial charge in [0.05, 0.1) is 10.4 Å². The Labute approximate surface area is 149 Å². The lowest BCUT2D eigenvalue weighted by molar-refractivity contribution is -0.121. The topological polar surface area (TPSA) is 95.7 Å².